The molecule has 0 aliphatic carbocycles. The van der Waals surface area contributed by atoms with Crippen molar-refractivity contribution in [1.29, 1.82) is 0 Å². The highest BCUT2D eigenvalue weighted by Crippen LogP contribution is 2.26. The molecule has 2 aromatic rings. The van der Waals surface area contributed by atoms with E-state index in [1.165, 1.54) is 11.1 Å². The fourth-order valence-electron chi connectivity index (χ4n) is 3.50. The maximum absolute atomic E-state index is 12.7. The summed E-state index contributed by atoms with van der Waals surface area (Å²) in [4.78, 5) is 26.5. The predicted octanol–water partition coefficient (Wildman–Crippen LogP) is 4.11. The number of hydrogen-bond acceptors (Lipinski definition) is 4. The number of ether oxygens (including phenoxy) is 1. The first kappa shape index (κ1) is 20.2. The van der Waals surface area contributed by atoms with E-state index in [0.717, 1.165) is 29.4 Å². The number of benzene rings is 1. The summed E-state index contributed by atoms with van der Waals surface area (Å²) < 4.78 is 10.9. The standard InChI is InChI=1S/C22H30N2O4/c1-14-10-18-16(13-27-19(18)11-15(14)2)12-20(25)24-8-6-17(7-9-24)23-21(26)28-22(3,4)5/h10-11,13,17H,6-9,12H2,1-5H3,(H,23,26). The van der Waals surface area contributed by atoms with Crippen molar-refractivity contribution in [3.8, 4) is 0 Å². The van der Waals surface area contributed by atoms with Gasteiger partial charge in [-0.3, -0.25) is 4.79 Å². The number of nitrogens with zero attached hydrogens (tertiary/aromatic N) is 1. The number of carbonyl (C=O) groups is 2. The summed E-state index contributed by atoms with van der Waals surface area (Å²) in [6, 6.07) is 4.15. The van der Waals surface area contributed by atoms with Crippen molar-refractivity contribution in [3.63, 3.8) is 0 Å². The number of rotatable bonds is 3. The zero-order valence-electron chi connectivity index (χ0n) is 17.4. The molecule has 1 aromatic heterocycles. The largest absolute Gasteiger partial charge is 0.464 e. The van der Waals surface area contributed by atoms with E-state index in [4.69, 9.17) is 9.15 Å². The highest BCUT2D eigenvalue weighted by Gasteiger charge is 2.26. The van der Waals surface area contributed by atoms with Gasteiger partial charge in [0.05, 0.1) is 12.7 Å². The number of aryl methyl sites for hydroxylation is 2. The number of hydrogen-bond donors (Lipinski definition) is 1. The third-order valence-corrected chi connectivity index (χ3v) is 5.18. The molecule has 1 aliphatic heterocycles. The van der Waals surface area contributed by atoms with E-state index in [9.17, 15) is 9.59 Å². The Kier molecular flexibility index (Phi) is 5.68. The van der Waals surface area contributed by atoms with E-state index < -0.39 is 11.7 Å². The van der Waals surface area contributed by atoms with E-state index in [1.54, 1.807) is 6.26 Å². The molecule has 0 atom stereocenters. The molecule has 1 fully saturated rings. The van der Waals surface area contributed by atoms with Gasteiger partial charge in [-0.1, -0.05) is 0 Å². The molecule has 0 spiro atoms. The number of furan rings is 1. The average Bonchev–Trinajstić information content (AvgIpc) is 2.96. The van der Waals surface area contributed by atoms with Crippen LogP contribution in [0.3, 0.4) is 0 Å². The van der Waals surface area contributed by atoms with Gasteiger partial charge in [-0.2, -0.15) is 0 Å². The second-order valence-corrected chi connectivity index (χ2v) is 8.67. The van der Waals surface area contributed by atoms with Crippen molar-refractivity contribution in [1.82, 2.24) is 10.2 Å². The summed E-state index contributed by atoms with van der Waals surface area (Å²) in [6.07, 6.45) is 3.09. The number of fused-ring (bicyclic) bond motifs is 1. The second kappa shape index (κ2) is 7.86. The summed E-state index contributed by atoms with van der Waals surface area (Å²) in [6.45, 7) is 10.9. The van der Waals surface area contributed by atoms with Crippen LogP contribution in [-0.4, -0.2) is 41.6 Å². The van der Waals surface area contributed by atoms with Gasteiger partial charge < -0.3 is 19.4 Å². The molecule has 1 aromatic carbocycles. The highest BCUT2D eigenvalue weighted by atomic mass is 16.6. The second-order valence-electron chi connectivity index (χ2n) is 8.67. The molecule has 1 saturated heterocycles. The van der Waals surface area contributed by atoms with Gasteiger partial charge in [0.1, 0.15) is 11.2 Å². The average molecular weight is 386 g/mol. The van der Waals surface area contributed by atoms with E-state index >= 15 is 0 Å². The monoisotopic (exact) mass is 386 g/mol. The molecular formula is C22H30N2O4. The van der Waals surface area contributed by atoms with Crippen LogP contribution >= 0.6 is 0 Å². The molecule has 2 amide bonds. The van der Waals surface area contributed by atoms with Gasteiger partial charge in [-0.05, 0) is 70.7 Å². The Labute approximate surface area is 166 Å². The van der Waals surface area contributed by atoms with E-state index in [-0.39, 0.29) is 11.9 Å². The van der Waals surface area contributed by atoms with Crippen molar-refractivity contribution in [2.45, 2.75) is 65.5 Å². The van der Waals surface area contributed by atoms with E-state index in [0.29, 0.717) is 19.5 Å². The van der Waals surface area contributed by atoms with Gasteiger partial charge in [0.2, 0.25) is 5.91 Å². The Morgan fingerprint density at radius 2 is 1.82 bits per heavy atom. The maximum Gasteiger partial charge on any atom is 0.407 e. The van der Waals surface area contributed by atoms with Crippen molar-refractivity contribution < 1.29 is 18.7 Å². The molecule has 1 aliphatic rings. The first-order valence-electron chi connectivity index (χ1n) is 9.87. The lowest BCUT2D eigenvalue weighted by Crippen LogP contribution is -2.47. The van der Waals surface area contributed by atoms with Crippen LogP contribution in [0.5, 0.6) is 0 Å². The zero-order chi connectivity index (χ0) is 20.5. The molecule has 152 valence electrons. The third kappa shape index (κ3) is 4.86. The molecule has 0 unspecified atom stereocenters. The first-order chi connectivity index (χ1) is 13.1. The van der Waals surface area contributed by atoms with Gasteiger partial charge >= 0.3 is 6.09 Å². The predicted molar refractivity (Wildman–Crippen MR) is 108 cm³/mol. The number of piperidine rings is 1. The maximum atomic E-state index is 12.7. The summed E-state index contributed by atoms with van der Waals surface area (Å²) >= 11 is 0. The lowest BCUT2D eigenvalue weighted by Gasteiger charge is -2.33. The van der Waals surface area contributed by atoms with Crippen LogP contribution in [0.2, 0.25) is 0 Å². The Morgan fingerprint density at radius 3 is 2.46 bits per heavy atom. The minimum atomic E-state index is -0.509. The minimum Gasteiger partial charge on any atom is -0.464 e. The number of carbonyl (C=O) groups excluding carboxylic acids is 2. The molecule has 0 saturated carbocycles. The Morgan fingerprint density at radius 1 is 1.18 bits per heavy atom. The Balaban J connectivity index is 1.55. The van der Waals surface area contributed by atoms with E-state index in [1.807, 2.05) is 31.7 Å². The van der Waals surface area contributed by atoms with Crippen LogP contribution in [0.25, 0.3) is 11.0 Å². The molecule has 28 heavy (non-hydrogen) atoms. The quantitative estimate of drug-likeness (QED) is 0.862. The third-order valence-electron chi connectivity index (χ3n) is 5.18. The van der Waals surface area contributed by atoms with Gasteiger partial charge in [0, 0.05) is 30.1 Å². The molecule has 3 rings (SSSR count). The van der Waals surface area contributed by atoms with Crippen LogP contribution in [0.15, 0.2) is 22.8 Å². The van der Waals surface area contributed by atoms with Crippen LogP contribution in [0.4, 0.5) is 4.79 Å². The van der Waals surface area contributed by atoms with Gasteiger partial charge in [-0.15, -0.1) is 0 Å². The van der Waals surface area contributed by atoms with Gasteiger partial charge in [0.15, 0.2) is 0 Å². The Bertz CT molecular complexity index is 871. The van der Waals surface area contributed by atoms with E-state index in [2.05, 4.69) is 25.2 Å². The normalized spacial score (nSPS) is 15.7. The molecule has 0 bridgehead atoms. The lowest BCUT2D eigenvalue weighted by atomic mass is 10.0. The van der Waals surface area contributed by atoms with Gasteiger partial charge in [-0.25, -0.2) is 4.79 Å². The number of alkyl carbamates (subject to hydrolysis) is 1. The van der Waals surface area contributed by atoms with Crippen molar-refractivity contribution in [2.24, 2.45) is 0 Å². The van der Waals surface area contributed by atoms with Crippen LogP contribution in [0.1, 0.15) is 50.3 Å². The molecule has 6 heteroatoms. The number of likely N-dealkylation sites (tertiary alicyclic amines) is 1. The number of amides is 2. The summed E-state index contributed by atoms with van der Waals surface area (Å²) in [5.74, 6) is 0.0941. The minimum absolute atomic E-state index is 0.0410. The van der Waals surface area contributed by atoms with Crippen LogP contribution in [0, 0.1) is 13.8 Å². The molecule has 2 heterocycles. The van der Waals surface area contributed by atoms with Crippen molar-refractivity contribution in [3.05, 3.63) is 35.1 Å². The SMILES string of the molecule is Cc1cc2occ(CC(=O)N3CCC(NC(=O)OC(C)(C)C)CC3)c2cc1C. The number of nitrogens with one attached hydrogen (secondary N) is 1. The van der Waals surface area contributed by atoms with Crippen LogP contribution < -0.4 is 5.32 Å². The van der Waals surface area contributed by atoms with Crippen LogP contribution in [-0.2, 0) is 16.0 Å². The summed E-state index contributed by atoms with van der Waals surface area (Å²) in [7, 11) is 0. The lowest BCUT2D eigenvalue weighted by molar-refractivity contribution is -0.131. The van der Waals surface area contributed by atoms with Gasteiger partial charge in [0.25, 0.3) is 0 Å². The first-order valence-corrected chi connectivity index (χ1v) is 9.87. The topological polar surface area (TPSA) is 71.8 Å². The summed E-state index contributed by atoms with van der Waals surface area (Å²) in [5.41, 5.74) is 3.62. The smallest absolute Gasteiger partial charge is 0.407 e. The molecular weight excluding hydrogens is 356 g/mol. The Hall–Kier alpha value is -2.50. The van der Waals surface area contributed by atoms with Crippen molar-refractivity contribution in [2.75, 3.05) is 13.1 Å². The molecule has 1 N–H and O–H groups in total. The van der Waals surface area contributed by atoms with Crippen molar-refractivity contribution >= 4 is 23.0 Å². The fourth-order valence-corrected chi connectivity index (χ4v) is 3.50. The highest BCUT2D eigenvalue weighted by molar-refractivity contribution is 5.88. The summed E-state index contributed by atoms with van der Waals surface area (Å²) in [5, 5.41) is 3.91. The fraction of sp³-hybridized carbons (Fsp3) is 0.545. The zero-order valence-corrected chi connectivity index (χ0v) is 17.4. The molecule has 6 nitrogen and oxygen atoms in total. The molecule has 0 radical (unpaired) electrons.